The zero-order valence-corrected chi connectivity index (χ0v) is 11.5. The Labute approximate surface area is 107 Å². The molecule has 1 aliphatic heterocycles. The molecule has 0 N–H and O–H groups in total. The van der Waals surface area contributed by atoms with E-state index in [9.17, 15) is 0 Å². The molecule has 17 heavy (non-hydrogen) atoms. The van der Waals surface area contributed by atoms with Gasteiger partial charge in [-0.15, -0.1) is 10.2 Å². The van der Waals surface area contributed by atoms with Crippen molar-refractivity contribution in [2.45, 2.75) is 63.4 Å². The van der Waals surface area contributed by atoms with Gasteiger partial charge in [-0.2, -0.15) is 0 Å². The predicted octanol–water partition coefficient (Wildman–Crippen LogP) is 3.07. The zero-order chi connectivity index (χ0) is 12.3. The Bertz CT molecular complexity index is 365. The van der Waals surface area contributed by atoms with Crippen molar-refractivity contribution in [3.63, 3.8) is 0 Å². The summed E-state index contributed by atoms with van der Waals surface area (Å²) in [6.45, 7) is 6.39. The molecular weight excluding hydrogens is 236 g/mol. The molecule has 0 aliphatic carbocycles. The summed E-state index contributed by atoms with van der Waals surface area (Å²) in [7, 11) is 0. The van der Waals surface area contributed by atoms with E-state index in [4.69, 9.17) is 9.15 Å². The first-order valence-corrected chi connectivity index (χ1v) is 7.20. The van der Waals surface area contributed by atoms with Crippen LogP contribution in [0, 0.1) is 0 Å². The van der Waals surface area contributed by atoms with E-state index in [2.05, 4.69) is 31.0 Å². The number of hydrogen-bond acceptors (Lipinski definition) is 5. The van der Waals surface area contributed by atoms with E-state index in [1.165, 1.54) is 0 Å². The lowest BCUT2D eigenvalue weighted by atomic mass is 10.1. The maximum Gasteiger partial charge on any atom is 0.276 e. The maximum atomic E-state index is 5.91. The molecule has 1 aromatic rings. The van der Waals surface area contributed by atoms with E-state index >= 15 is 0 Å². The molecule has 96 valence electrons. The first-order chi connectivity index (χ1) is 8.09. The van der Waals surface area contributed by atoms with E-state index in [1.54, 1.807) is 11.8 Å². The quantitative estimate of drug-likeness (QED) is 0.758. The van der Waals surface area contributed by atoms with Gasteiger partial charge in [0.15, 0.2) is 0 Å². The molecule has 5 heteroatoms. The van der Waals surface area contributed by atoms with Crippen LogP contribution in [0.15, 0.2) is 9.64 Å². The van der Waals surface area contributed by atoms with E-state index < -0.39 is 0 Å². The molecule has 1 aliphatic rings. The lowest BCUT2D eigenvalue weighted by Gasteiger charge is -2.18. The largest absolute Gasteiger partial charge is 0.416 e. The van der Waals surface area contributed by atoms with Crippen molar-refractivity contribution < 1.29 is 9.15 Å². The van der Waals surface area contributed by atoms with Gasteiger partial charge < -0.3 is 9.15 Å². The molecule has 0 saturated carbocycles. The fourth-order valence-corrected chi connectivity index (χ4v) is 2.79. The second-order valence-electron chi connectivity index (χ2n) is 5.06. The molecule has 2 heterocycles. The fourth-order valence-electron chi connectivity index (χ4n) is 1.97. The number of rotatable bonds is 5. The lowest BCUT2D eigenvalue weighted by Crippen LogP contribution is -2.21. The summed E-state index contributed by atoms with van der Waals surface area (Å²) in [5.74, 6) is 1.64. The number of hydrogen-bond donors (Lipinski definition) is 0. The molecule has 0 spiro atoms. The summed E-state index contributed by atoms with van der Waals surface area (Å²) in [5.41, 5.74) is 0.0352. The molecule has 1 fully saturated rings. The summed E-state index contributed by atoms with van der Waals surface area (Å²) in [5, 5.41) is 8.69. The second-order valence-corrected chi connectivity index (χ2v) is 6.03. The summed E-state index contributed by atoms with van der Waals surface area (Å²) in [6.07, 6.45) is 4.46. The van der Waals surface area contributed by atoms with E-state index in [-0.39, 0.29) is 5.60 Å². The van der Waals surface area contributed by atoms with Crippen LogP contribution in [0.3, 0.4) is 0 Å². The predicted molar refractivity (Wildman–Crippen MR) is 67.2 cm³/mol. The van der Waals surface area contributed by atoms with Crippen LogP contribution >= 0.6 is 11.8 Å². The molecule has 4 nitrogen and oxygen atoms in total. The van der Waals surface area contributed by atoms with Crippen LogP contribution in [0.1, 0.15) is 45.9 Å². The van der Waals surface area contributed by atoms with E-state index in [0.29, 0.717) is 11.3 Å². The molecule has 0 radical (unpaired) electrons. The number of ether oxygens (including phenoxy) is 1. The molecule has 1 atom stereocenters. The third-order valence-corrected chi connectivity index (χ3v) is 3.81. The number of nitrogens with zero attached hydrogens (tertiary/aromatic N) is 2. The summed E-state index contributed by atoms with van der Waals surface area (Å²) < 4.78 is 11.4. The Balaban J connectivity index is 1.78. The van der Waals surface area contributed by atoms with Crippen molar-refractivity contribution in [1.82, 2.24) is 10.2 Å². The van der Waals surface area contributed by atoms with Gasteiger partial charge in [0, 0.05) is 12.2 Å². The van der Waals surface area contributed by atoms with Gasteiger partial charge in [-0.1, -0.05) is 18.7 Å². The average molecular weight is 256 g/mol. The summed E-state index contributed by atoms with van der Waals surface area (Å²) in [4.78, 5) is 0. The third kappa shape index (κ3) is 3.71. The lowest BCUT2D eigenvalue weighted by molar-refractivity contribution is -0.00473. The van der Waals surface area contributed by atoms with Gasteiger partial charge >= 0.3 is 0 Å². The minimum absolute atomic E-state index is 0.0352. The van der Waals surface area contributed by atoms with Crippen LogP contribution in [-0.2, 0) is 11.2 Å². The molecule has 0 bridgehead atoms. The standard InChI is InChI=1S/C12H20N2O2S/c1-4-5-10-13-14-11(15-10)17-8-9-6-7-12(2,3)16-9/h9H,4-8H2,1-3H3/t9-/m1/s1. The fraction of sp³-hybridized carbons (Fsp3) is 0.833. The highest BCUT2D eigenvalue weighted by molar-refractivity contribution is 7.99. The van der Waals surface area contributed by atoms with Crippen LogP contribution in [0.4, 0.5) is 0 Å². The molecule has 0 amide bonds. The highest BCUT2D eigenvalue weighted by Crippen LogP contribution is 2.32. The van der Waals surface area contributed by atoms with Crippen molar-refractivity contribution in [3.05, 3.63) is 5.89 Å². The monoisotopic (exact) mass is 256 g/mol. The van der Waals surface area contributed by atoms with Crippen molar-refractivity contribution in [3.8, 4) is 0 Å². The molecule has 1 aromatic heterocycles. The van der Waals surface area contributed by atoms with Crippen LogP contribution in [0.5, 0.6) is 0 Å². The van der Waals surface area contributed by atoms with Crippen LogP contribution < -0.4 is 0 Å². The Hall–Kier alpha value is -0.550. The molecule has 0 aromatic carbocycles. The van der Waals surface area contributed by atoms with Crippen LogP contribution in [0.25, 0.3) is 0 Å². The number of aryl methyl sites for hydroxylation is 1. The minimum atomic E-state index is 0.0352. The summed E-state index contributed by atoms with van der Waals surface area (Å²) >= 11 is 1.60. The first-order valence-electron chi connectivity index (χ1n) is 6.22. The Morgan fingerprint density at radius 1 is 1.41 bits per heavy atom. The second kappa shape index (κ2) is 5.40. The highest BCUT2D eigenvalue weighted by atomic mass is 32.2. The van der Waals surface area contributed by atoms with Gasteiger partial charge in [-0.05, 0) is 33.1 Å². The van der Waals surface area contributed by atoms with E-state index in [1.807, 2.05) is 0 Å². The normalized spacial score (nSPS) is 23.1. The number of aromatic nitrogens is 2. The van der Waals surface area contributed by atoms with Crippen molar-refractivity contribution in [2.24, 2.45) is 0 Å². The average Bonchev–Trinajstić information content (AvgIpc) is 2.83. The van der Waals surface area contributed by atoms with Gasteiger partial charge in [-0.3, -0.25) is 0 Å². The van der Waals surface area contributed by atoms with Crippen molar-refractivity contribution in [1.29, 1.82) is 0 Å². The van der Waals surface area contributed by atoms with Gasteiger partial charge in [0.1, 0.15) is 0 Å². The van der Waals surface area contributed by atoms with Crippen molar-refractivity contribution in [2.75, 3.05) is 5.75 Å². The zero-order valence-electron chi connectivity index (χ0n) is 10.7. The van der Waals surface area contributed by atoms with Gasteiger partial charge in [0.25, 0.3) is 5.22 Å². The van der Waals surface area contributed by atoms with Crippen LogP contribution in [0.2, 0.25) is 0 Å². The molecule has 0 unspecified atom stereocenters. The smallest absolute Gasteiger partial charge is 0.276 e. The molecule has 2 rings (SSSR count). The Morgan fingerprint density at radius 3 is 2.88 bits per heavy atom. The maximum absolute atomic E-state index is 5.91. The summed E-state index contributed by atoms with van der Waals surface area (Å²) in [6, 6.07) is 0. The van der Waals surface area contributed by atoms with Crippen molar-refractivity contribution >= 4 is 11.8 Å². The topological polar surface area (TPSA) is 48.2 Å². The first kappa shape index (κ1) is 12.9. The van der Waals surface area contributed by atoms with Gasteiger partial charge in [0.2, 0.25) is 5.89 Å². The molecule has 1 saturated heterocycles. The van der Waals surface area contributed by atoms with Crippen LogP contribution in [-0.4, -0.2) is 27.7 Å². The SMILES string of the molecule is CCCc1nnc(SC[C@H]2CCC(C)(C)O2)o1. The third-order valence-electron chi connectivity index (χ3n) is 2.86. The Morgan fingerprint density at radius 2 is 2.24 bits per heavy atom. The number of thioether (sulfide) groups is 1. The minimum Gasteiger partial charge on any atom is -0.416 e. The highest BCUT2D eigenvalue weighted by Gasteiger charge is 2.31. The van der Waals surface area contributed by atoms with Gasteiger partial charge in [0.05, 0.1) is 11.7 Å². The molecular formula is C12H20N2O2S. The Kier molecular flexibility index (Phi) is 4.09. The van der Waals surface area contributed by atoms with E-state index in [0.717, 1.165) is 37.3 Å². The van der Waals surface area contributed by atoms with Gasteiger partial charge in [-0.25, -0.2) is 0 Å².